The topological polar surface area (TPSA) is 211 Å². The summed E-state index contributed by atoms with van der Waals surface area (Å²) in [5.74, 6) is -4.15. The number of carboxylic acid groups (broad SMARTS) is 1. The van der Waals surface area contributed by atoms with E-state index in [4.69, 9.17) is 20.4 Å². The Morgan fingerprint density at radius 3 is 2.09 bits per heavy atom. The normalized spacial score (nSPS) is 16.3. The van der Waals surface area contributed by atoms with E-state index in [-0.39, 0.29) is 30.0 Å². The van der Waals surface area contributed by atoms with Crippen molar-refractivity contribution in [2.75, 3.05) is 11.4 Å². The Bertz CT molecular complexity index is 1930. The number of hydrogen-bond acceptors (Lipinski definition) is 9. The van der Waals surface area contributed by atoms with Crippen LogP contribution in [0, 0.1) is 11.8 Å². The Labute approximate surface area is 307 Å². The Hall–Kier alpha value is -6.00. The van der Waals surface area contributed by atoms with Crippen LogP contribution in [0.1, 0.15) is 52.0 Å². The summed E-state index contributed by atoms with van der Waals surface area (Å²) in [6, 6.07) is 17.4. The smallest absolute Gasteiger partial charge is 0.475 e. The second-order valence-corrected chi connectivity index (χ2v) is 13.7. The maximum absolute atomic E-state index is 14.3. The Morgan fingerprint density at radius 2 is 1.59 bits per heavy atom. The number of nitrogens with two attached hydrogens (primary N) is 1. The van der Waals surface area contributed by atoms with Gasteiger partial charge in [0.1, 0.15) is 11.6 Å². The lowest BCUT2D eigenvalue weighted by atomic mass is 9.81. The molecule has 1 saturated carbocycles. The van der Waals surface area contributed by atoms with E-state index in [0.717, 1.165) is 29.5 Å². The number of amides is 3. The van der Waals surface area contributed by atoms with Crippen molar-refractivity contribution < 1.29 is 46.7 Å². The van der Waals surface area contributed by atoms with Gasteiger partial charge in [0.05, 0.1) is 0 Å². The molecule has 0 spiro atoms. The molecule has 14 nitrogen and oxygen atoms in total. The molecule has 2 aromatic carbocycles. The number of aromatic amines is 1. The first-order valence-corrected chi connectivity index (χ1v) is 17.0. The van der Waals surface area contributed by atoms with Crippen LogP contribution in [0.3, 0.4) is 0 Å². The number of rotatable bonds is 10. The lowest BCUT2D eigenvalue weighted by molar-refractivity contribution is -0.192. The average Bonchev–Trinajstić information content (AvgIpc) is 3.56. The second-order valence-electron chi connectivity index (χ2n) is 13.7. The number of hydrogen-bond donors (Lipinski definition) is 4. The quantitative estimate of drug-likeness (QED) is 0.160. The number of nitrogens with zero attached hydrogens (tertiary/aromatic N) is 3. The zero-order valence-corrected chi connectivity index (χ0v) is 29.8. The molecular formula is C37H41F3N6O8. The predicted octanol–water partition coefficient (Wildman–Crippen LogP) is 5.49. The molecule has 5 N–H and O–H groups in total. The number of anilines is 1. The largest absolute Gasteiger partial charge is 0.490 e. The summed E-state index contributed by atoms with van der Waals surface area (Å²) in [4.78, 5) is 68.1. The number of pyridine rings is 1. The van der Waals surface area contributed by atoms with Crippen LogP contribution in [0.25, 0.3) is 22.5 Å². The van der Waals surface area contributed by atoms with Gasteiger partial charge in [-0.3, -0.25) is 29.0 Å². The van der Waals surface area contributed by atoms with Crippen molar-refractivity contribution in [3.05, 3.63) is 89.2 Å². The molecule has 1 aliphatic carbocycles. The summed E-state index contributed by atoms with van der Waals surface area (Å²) in [6.45, 7) is 5.90. The maximum atomic E-state index is 14.3. The number of benzene rings is 2. The molecule has 54 heavy (non-hydrogen) atoms. The van der Waals surface area contributed by atoms with Gasteiger partial charge < -0.3 is 20.9 Å². The lowest BCUT2D eigenvalue weighted by Crippen LogP contribution is -2.52. The van der Waals surface area contributed by atoms with Crippen LogP contribution in [-0.4, -0.2) is 68.5 Å². The molecule has 17 heteroatoms. The van der Waals surface area contributed by atoms with Crippen molar-refractivity contribution in [3.63, 3.8) is 0 Å². The molecule has 288 valence electrons. The van der Waals surface area contributed by atoms with E-state index in [2.05, 4.69) is 25.0 Å². The number of alkyl carbamates (subject to hydrolysis) is 1. The summed E-state index contributed by atoms with van der Waals surface area (Å²) in [7, 11) is 0. The minimum atomic E-state index is -5.08. The highest BCUT2D eigenvalue weighted by Crippen LogP contribution is 2.33. The molecule has 1 fully saturated rings. The molecule has 5 rings (SSSR count). The van der Waals surface area contributed by atoms with E-state index in [1.807, 2.05) is 57.2 Å². The molecule has 0 bridgehead atoms. The van der Waals surface area contributed by atoms with Crippen LogP contribution in [0.2, 0.25) is 0 Å². The number of nitrogens with one attached hydrogen (secondary N) is 2. The van der Waals surface area contributed by atoms with Gasteiger partial charge in [0.15, 0.2) is 5.82 Å². The first kappa shape index (κ1) is 40.8. The molecule has 1 aliphatic rings. The minimum Gasteiger partial charge on any atom is -0.475 e. The Kier molecular flexibility index (Phi) is 13.3. The number of halogens is 3. The van der Waals surface area contributed by atoms with Crippen molar-refractivity contribution in [1.82, 2.24) is 20.4 Å². The summed E-state index contributed by atoms with van der Waals surface area (Å²) in [6.07, 6.45) is 0.818. The van der Waals surface area contributed by atoms with Gasteiger partial charge in [-0.15, -0.1) is 0 Å². The highest BCUT2D eigenvalue weighted by Gasteiger charge is 2.38. The number of carbonyl (C=O) groups excluding carboxylic acids is 3. The van der Waals surface area contributed by atoms with Gasteiger partial charge in [-0.1, -0.05) is 35.5 Å². The fourth-order valence-corrected chi connectivity index (χ4v) is 5.86. The van der Waals surface area contributed by atoms with Crippen molar-refractivity contribution >= 4 is 29.6 Å². The van der Waals surface area contributed by atoms with Gasteiger partial charge in [-0.25, -0.2) is 14.4 Å². The molecular weight excluding hydrogens is 713 g/mol. The number of carboxylic acids is 1. The van der Waals surface area contributed by atoms with E-state index in [1.165, 1.54) is 4.90 Å². The number of alkyl halides is 3. The number of ether oxygens (including phenoxy) is 1. The minimum absolute atomic E-state index is 0.193. The van der Waals surface area contributed by atoms with E-state index in [9.17, 15) is 32.3 Å². The third kappa shape index (κ3) is 11.8. The van der Waals surface area contributed by atoms with Gasteiger partial charge in [-0.2, -0.15) is 13.2 Å². The van der Waals surface area contributed by atoms with Crippen LogP contribution in [0.15, 0.2) is 82.4 Å². The van der Waals surface area contributed by atoms with Gasteiger partial charge >= 0.3 is 24.0 Å². The molecule has 3 amide bonds. The molecule has 0 radical (unpaired) electrons. The summed E-state index contributed by atoms with van der Waals surface area (Å²) < 4.78 is 41.7. The molecule has 4 aromatic rings. The average molecular weight is 755 g/mol. The molecule has 0 aliphatic heterocycles. The highest BCUT2D eigenvalue weighted by molar-refractivity contribution is 6.01. The van der Waals surface area contributed by atoms with Crippen LogP contribution >= 0.6 is 0 Å². The molecule has 0 saturated heterocycles. The van der Waals surface area contributed by atoms with Crippen LogP contribution < -0.4 is 21.7 Å². The standard InChI is InChI=1S/C35H40N6O6.C2HF3O2/c1-35(2,3)46-33(44)38-20-23-8-12-26(13-9-23)32(43)41(28-16-14-25(15-17-28)31-39-34(45)47-40-31)29(30(36)42)19-22-6-10-24(11-7-22)27-5-4-18-37-21-27;3-2(4,5)1(6)7/h4-7,10-11,14-18,21,23,26,29H,8-9,12-13,19-20H2,1-3H3,(H2,36,42)(H,38,44)(H,39,40,45);(H,6,7)/t23?,26?,29-;/m0./s1. The highest BCUT2D eigenvalue weighted by atomic mass is 19.4. The summed E-state index contributed by atoms with van der Waals surface area (Å²) in [5, 5.41) is 13.7. The van der Waals surface area contributed by atoms with Crippen LogP contribution in [0.5, 0.6) is 0 Å². The van der Waals surface area contributed by atoms with Gasteiger partial charge in [0.2, 0.25) is 11.8 Å². The van der Waals surface area contributed by atoms with E-state index < -0.39 is 41.5 Å². The van der Waals surface area contributed by atoms with Gasteiger partial charge in [0.25, 0.3) is 0 Å². The SMILES string of the molecule is CC(C)(C)OC(=O)NCC1CCC(C(=O)N(c2ccc(-c3noc(=O)[nH]3)cc2)[C@@H](Cc2ccc(-c3cccnc3)cc2)C(N)=O)CC1.O=C(O)C(F)(F)F. The van der Waals surface area contributed by atoms with E-state index in [0.29, 0.717) is 30.6 Å². The van der Waals surface area contributed by atoms with E-state index in [1.54, 1.807) is 36.7 Å². The van der Waals surface area contributed by atoms with Crippen molar-refractivity contribution in [3.8, 4) is 22.5 Å². The fraction of sp³-hybridized carbons (Fsp3) is 0.378. The predicted molar refractivity (Wildman–Crippen MR) is 190 cm³/mol. The molecule has 2 aromatic heterocycles. The first-order chi connectivity index (χ1) is 25.4. The lowest BCUT2D eigenvalue weighted by Gasteiger charge is -2.36. The molecule has 0 unspecified atom stereocenters. The monoisotopic (exact) mass is 754 g/mol. The van der Waals surface area contributed by atoms with Crippen LogP contribution in [-0.2, 0) is 25.5 Å². The van der Waals surface area contributed by atoms with Gasteiger partial charge in [0, 0.05) is 42.5 Å². The van der Waals surface area contributed by atoms with Crippen molar-refractivity contribution in [2.45, 2.75) is 70.7 Å². The molecule has 1 atom stereocenters. The number of carbonyl (C=O) groups is 4. The number of aliphatic carboxylic acids is 1. The van der Waals surface area contributed by atoms with Crippen molar-refractivity contribution in [1.29, 1.82) is 0 Å². The number of primary amides is 1. The van der Waals surface area contributed by atoms with Crippen molar-refractivity contribution in [2.24, 2.45) is 17.6 Å². The first-order valence-electron chi connectivity index (χ1n) is 17.0. The van der Waals surface area contributed by atoms with Crippen LogP contribution in [0.4, 0.5) is 23.7 Å². The fourth-order valence-electron chi connectivity index (χ4n) is 5.86. The Morgan fingerprint density at radius 1 is 0.981 bits per heavy atom. The zero-order valence-electron chi connectivity index (χ0n) is 29.8. The summed E-state index contributed by atoms with van der Waals surface area (Å²) >= 11 is 0. The summed E-state index contributed by atoms with van der Waals surface area (Å²) in [5.41, 5.74) is 9.28. The Balaban J connectivity index is 0.000000845. The second kappa shape index (κ2) is 17.7. The zero-order chi connectivity index (χ0) is 39.6. The third-order valence-electron chi connectivity index (χ3n) is 8.49. The molecule has 2 heterocycles. The van der Waals surface area contributed by atoms with E-state index >= 15 is 0 Å². The third-order valence-corrected chi connectivity index (χ3v) is 8.49. The maximum Gasteiger partial charge on any atom is 0.490 e. The number of H-pyrrole nitrogens is 1. The number of aromatic nitrogens is 3. The van der Waals surface area contributed by atoms with Gasteiger partial charge in [-0.05, 0) is 99.4 Å².